The van der Waals surface area contributed by atoms with Gasteiger partial charge in [0.1, 0.15) is 0 Å². The molecule has 29 heavy (non-hydrogen) atoms. The molecule has 2 heteroatoms. The third-order valence-corrected chi connectivity index (χ3v) is 6.96. The first-order valence-corrected chi connectivity index (χ1v) is 11.6. The Labute approximate surface area is 178 Å². The Morgan fingerprint density at radius 1 is 0.862 bits per heavy atom. The van der Waals surface area contributed by atoms with Crippen molar-refractivity contribution in [1.29, 1.82) is 0 Å². The molecule has 2 nitrogen and oxygen atoms in total. The molecule has 3 rings (SSSR count). The molecule has 158 valence electrons. The molecule has 4 atom stereocenters. The third-order valence-electron chi connectivity index (χ3n) is 6.96. The molecule has 1 aliphatic rings. The minimum atomic E-state index is -0.614. The Balaban J connectivity index is 2.02. The molecule has 1 saturated heterocycles. The molecule has 0 bridgehead atoms. The number of likely N-dealkylation sites (tertiary alicyclic amines) is 1. The predicted octanol–water partition coefficient (Wildman–Crippen LogP) is 6.92. The number of aliphatic hydroxyl groups is 1. The zero-order valence-electron chi connectivity index (χ0n) is 18.6. The van der Waals surface area contributed by atoms with Gasteiger partial charge in [0.25, 0.3) is 0 Å². The first-order valence-electron chi connectivity index (χ1n) is 11.6. The first kappa shape index (κ1) is 22.1. The zero-order valence-corrected chi connectivity index (χ0v) is 18.6. The van der Waals surface area contributed by atoms with Crippen molar-refractivity contribution in [3.05, 3.63) is 71.8 Å². The molecule has 0 spiro atoms. The molecule has 2 aromatic rings. The predicted molar refractivity (Wildman–Crippen MR) is 123 cm³/mol. The van der Waals surface area contributed by atoms with E-state index in [0.29, 0.717) is 0 Å². The number of piperidine rings is 1. The summed E-state index contributed by atoms with van der Waals surface area (Å²) in [7, 11) is 2.27. The molecule has 2 aromatic carbocycles. The van der Waals surface area contributed by atoms with E-state index in [0.717, 1.165) is 32.1 Å². The molecule has 1 heterocycles. The molecule has 1 aliphatic heterocycles. The van der Waals surface area contributed by atoms with Crippen LogP contribution in [-0.2, 0) is 0 Å². The van der Waals surface area contributed by atoms with Crippen molar-refractivity contribution in [2.45, 2.75) is 82.9 Å². The quantitative estimate of drug-likeness (QED) is 0.467. The standard InChI is InChI=1S/C27H39NO/c1-4-6-10-19-24-26(23-17-13-9-14-18-23)28(3)25(22-15-11-8-12-16-22)21-27(24,29)20-7-5-2/h8-9,11-18,24-26,29H,4-7,10,19-21H2,1-3H3/t24-,25-,26+,27+/m1/s1. The van der Waals surface area contributed by atoms with Crippen molar-refractivity contribution < 1.29 is 5.11 Å². The van der Waals surface area contributed by atoms with E-state index in [1.807, 2.05) is 0 Å². The summed E-state index contributed by atoms with van der Waals surface area (Å²) in [4.78, 5) is 2.54. The summed E-state index contributed by atoms with van der Waals surface area (Å²) in [6.07, 6.45) is 8.71. The maximum absolute atomic E-state index is 12.1. The van der Waals surface area contributed by atoms with Crippen molar-refractivity contribution in [3.63, 3.8) is 0 Å². The average Bonchev–Trinajstić information content (AvgIpc) is 2.76. The van der Waals surface area contributed by atoms with Gasteiger partial charge in [-0.2, -0.15) is 0 Å². The second kappa shape index (κ2) is 10.4. The summed E-state index contributed by atoms with van der Waals surface area (Å²) in [5.41, 5.74) is 2.04. The molecule has 0 unspecified atom stereocenters. The highest BCUT2D eigenvalue weighted by atomic mass is 16.3. The van der Waals surface area contributed by atoms with E-state index in [2.05, 4.69) is 86.5 Å². The highest BCUT2D eigenvalue weighted by molar-refractivity contribution is 5.27. The van der Waals surface area contributed by atoms with E-state index in [9.17, 15) is 5.11 Å². The Hall–Kier alpha value is -1.64. The van der Waals surface area contributed by atoms with Gasteiger partial charge in [-0.05, 0) is 37.4 Å². The van der Waals surface area contributed by atoms with Crippen molar-refractivity contribution >= 4 is 0 Å². The average molecular weight is 394 g/mol. The number of benzene rings is 2. The minimum absolute atomic E-state index is 0.241. The van der Waals surface area contributed by atoms with Crippen LogP contribution >= 0.6 is 0 Å². The number of unbranched alkanes of at least 4 members (excludes halogenated alkanes) is 3. The fraction of sp³-hybridized carbons (Fsp3) is 0.556. The van der Waals surface area contributed by atoms with Crippen LogP contribution in [-0.4, -0.2) is 22.7 Å². The smallest absolute Gasteiger partial charge is 0.0712 e. The summed E-state index contributed by atoms with van der Waals surface area (Å²) < 4.78 is 0. The number of hydrogen-bond acceptors (Lipinski definition) is 2. The molecule has 0 aromatic heterocycles. The fourth-order valence-corrected chi connectivity index (χ4v) is 5.36. The van der Waals surface area contributed by atoms with E-state index in [-0.39, 0.29) is 18.0 Å². The van der Waals surface area contributed by atoms with Crippen LogP contribution in [0.4, 0.5) is 0 Å². The summed E-state index contributed by atoms with van der Waals surface area (Å²) in [5, 5.41) is 12.1. The summed E-state index contributed by atoms with van der Waals surface area (Å²) in [6.45, 7) is 4.49. The Morgan fingerprint density at radius 2 is 1.45 bits per heavy atom. The van der Waals surface area contributed by atoms with Gasteiger partial charge >= 0.3 is 0 Å². The molecule has 1 fully saturated rings. The Bertz CT molecular complexity index is 716. The van der Waals surface area contributed by atoms with Crippen LogP contribution in [0.5, 0.6) is 0 Å². The van der Waals surface area contributed by atoms with Gasteiger partial charge in [-0.1, -0.05) is 107 Å². The van der Waals surface area contributed by atoms with Gasteiger partial charge in [0.05, 0.1) is 5.60 Å². The van der Waals surface area contributed by atoms with Gasteiger partial charge in [-0.3, -0.25) is 4.90 Å². The third kappa shape index (κ3) is 5.10. The van der Waals surface area contributed by atoms with Crippen LogP contribution in [0, 0.1) is 5.92 Å². The van der Waals surface area contributed by atoms with Crippen LogP contribution in [0.2, 0.25) is 0 Å². The molecule has 0 amide bonds. The van der Waals surface area contributed by atoms with Crippen molar-refractivity contribution in [2.75, 3.05) is 7.05 Å². The van der Waals surface area contributed by atoms with E-state index >= 15 is 0 Å². The summed E-state index contributed by atoms with van der Waals surface area (Å²) >= 11 is 0. The molecule has 0 aliphatic carbocycles. The number of nitrogens with zero attached hydrogens (tertiary/aromatic N) is 1. The maximum atomic E-state index is 12.1. The van der Waals surface area contributed by atoms with E-state index in [4.69, 9.17) is 0 Å². The lowest BCUT2D eigenvalue weighted by molar-refractivity contribution is -0.129. The number of rotatable bonds is 9. The van der Waals surface area contributed by atoms with Gasteiger partial charge in [0, 0.05) is 18.0 Å². The molecular formula is C27H39NO. The van der Waals surface area contributed by atoms with Gasteiger partial charge in [0.15, 0.2) is 0 Å². The Kier molecular flexibility index (Phi) is 7.91. The second-order valence-corrected chi connectivity index (χ2v) is 8.96. The fourth-order valence-electron chi connectivity index (χ4n) is 5.36. The lowest BCUT2D eigenvalue weighted by atomic mass is 9.66. The van der Waals surface area contributed by atoms with Gasteiger partial charge in [0.2, 0.25) is 0 Å². The lowest BCUT2D eigenvalue weighted by Crippen LogP contribution is -2.53. The monoisotopic (exact) mass is 393 g/mol. The Morgan fingerprint density at radius 3 is 2.03 bits per heavy atom. The van der Waals surface area contributed by atoms with E-state index in [1.54, 1.807) is 0 Å². The van der Waals surface area contributed by atoms with Gasteiger partial charge in [-0.25, -0.2) is 0 Å². The van der Waals surface area contributed by atoms with Crippen LogP contribution in [0.1, 0.15) is 88.4 Å². The summed E-state index contributed by atoms with van der Waals surface area (Å²) in [6, 6.07) is 22.1. The van der Waals surface area contributed by atoms with Crippen LogP contribution < -0.4 is 0 Å². The van der Waals surface area contributed by atoms with Crippen molar-refractivity contribution in [3.8, 4) is 0 Å². The van der Waals surface area contributed by atoms with Gasteiger partial charge in [-0.15, -0.1) is 0 Å². The number of hydrogen-bond donors (Lipinski definition) is 1. The lowest BCUT2D eigenvalue weighted by Gasteiger charge is -2.54. The second-order valence-electron chi connectivity index (χ2n) is 8.96. The minimum Gasteiger partial charge on any atom is -0.389 e. The molecular weight excluding hydrogens is 354 g/mol. The molecule has 0 saturated carbocycles. The normalized spacial score (nSPS) is 27.8. The van der Waals surface area contributed by atoms with E-state index in [1.165, 1.54) is 30.4 Å². The van der Waals surface area contributed by atoms with Gasteiger partial charge < -0.3 is 5.11 Å². The largest absolute Gasteiger partial charge is 0.389 e. The SMILES string of the molecule is CCCCC[C@@H]1[C@H](c2ccccc2)N(C)[C@@H](c2ccccc2)C[C@@]1(O)CCCC. The highest BCUT2D eigenvalue weighted by Gasteiger charge is 2.50. The maximum Gasteiger partial charge on any atom is 0.0712 e. The zero-order chi connectivity index (χ0) is 20.7. The van der Waals surface area contributed by atoms with Crippen LogP contribution in [0.3, 0.4) is 0 Å². The molecule has 1 N–H and O–H groups in total. The van der Waals surface area contributed by atoms with Crippen molar-refractivity contribution in [1.82, 2.24) is 4.90 Å². The van der Waals surface area contributed by atoms with Crippen molar-refractivity contribution in [2.24, 2.45) is 5.92 Å². The van der Waals surface area contributed by atoms with Crippen LogP contribution in [0.25, 0.3) is 0 Å². The highest BCUT2D eigenvalue weighted by Crippen LogP contribution is 2.52. The van der Waals surface area contributed by atoms with Crippen LogP contribution in [0.15, 0.2) is 60.7 Å². The topological polar surface area (TPSA) is 23.5 Å². The first-order chi connectivity index (χ1) is 14.1. The molecule has 0 radical (unpaired) electrons. The van der Waals surface area contributed by atoms with E-state index < -0.39 is 5.60 Å². The summed E-state index contributed by atoms with van der Waals surface area (Å²) in [5.74, 6) is 0.271.